The van der Waals surface area contributed by atoms with Crippen molar-refractivity contribution >= 4 is 27.3 Å². The van der Waals surface area contributed by atoms with Crippen LogP contribution in [0.25, 0.3) is 0 Å². The van der Waals surface area contributed by atoms with Crippen LogP contribution in [0, 0.1) is 27.7 Å². The van der Waals surface area contributed by atoms with Crippen LogP contribution in [0.4, 0.5) is 0 Å². The second-order valence-corrected chi connectivity index (χ2v) is 7.25. The van der Waals surface area contributed by atoms with Crippen LogP contribution >= 0.6 is 27.3 Å². The molecule has 0 spiro atoms. The predicted octanol–water partition coefficient (Wildman–Crippen LogP) is 5.05. The second kappa shape index (κ2) is 5.78. The molecule has 1 nitrogen and oxygen atoms in total. The molecule has 1 heterocycles. The number of aryl methyl sites for hydroxylation is 4. The average Bonchev–Trinajstić information content (AvgIpc) is 2.62. The number of thiophene rings is 1. The Morgan fingerprint density at radius 2 is 1.63 bits per heavy atom. The van der Waals surface area contributed by atoms with Crippen molar-refractivity contribution in [2.45, 2.75) is 33.7 Å². The minimum Gasteiger partial charge on any atom is -0.309 e. The van der Waals surface area contributed by atoms with Gasteiger partial charge in [-0.25, -0.2) is 0 Å². The highest BCUT2D eigenvalue weighted by molar-refractivity contribution is 9.10. The van der Waals surface area contributed by atoms with Crippen molar-refractivity contribution < 1.29 is 0 Å². The van der Waals surface area contributed by atoms with Crippen LogP contribution in [0.2, 0.25) is 0 Å². The standard InChI is InChI=1S/C16H20BrNS/c1-9-6-10(2)14(11(3)7-9)15(18-5)16-13(17)8-12(4)19-16/h6-8,15,18H,1-5H3. The van der Waals surface area contributed by atoms with E-state index in [-0.39, 0.29) is 6.04 Å². The summed E-state index contributed by atoms with van der Waals surface area (Å²) in [5, 5.41) is 3.47. The van der Waals surface area contributed by atoms with Crippen LogP contribution in [-0.2, 0) is 0 Å². The summed E-state index contributed by atoms with van der Waals surface area (Å²) in [5.74, 6) is 0. The van der Waals surface area contributed by atoms with E-state index in [1.165, 1.54) is 36.5 Å². The average molecular weight is 338 g/mol. The number of rotatable bonds is 3. The van der Waals surface area contributed by atoms with Gasteiger partial charge in [-0.2, -0.15) is 0 Å². The normalized spacial score (nSPS) is 12.7. The van der Waals surface area contributed by atoms with Crippen LogP contribution in [0.1, 0.15) is 38.0 Å². The summed E-state index contributed by atoms with van der Waals surface area (Å²) in [6, 6.07) is 6.99. The number of hydrogen-bond donors (Lipinski definition) is 1. The summed E-state index contributed by atoms with van der Waals surface area (Å²) in [6.07, 6.45) is 0. The Kier molecular flexibility index (Phi) is 4.49. The maximum absolute atomic E-state index is 3.69. The van der Waals surface area contributed by atoms with E-state index in [1.54, 1.807) is 0 Å². The van der Waals surface area contributed by atoms with Crippen molar-refractivity contribution in [3.05, 3.63) is 54.7 Å². The van der Waals surface area contributed by atoms with Crippen molar-refractivity contribution in [1.82, 2.24) is 5.32 Å². The maximum Gasteiger partial charge on any atom is 0.0685 e. The third kappa shape index (κ3) is 2.93. The van der Waals surface area contributed by atoms with Crippen LogP contribution < -0.4 is 5.32 Å². The van der Waals surface area contributed by atoms with Gasteiger partial charge in [-0.05, 0) is 73.4 Å². The highest BCUT2D eigenvalue weighted by atomic mass is 79.9. The minimum absolute atomic E-state index is 0.258. The zero-order valence-corrected chi connectivity index (χ0v) is 14.5. The molecule has 1 aromatic carbocycles. The molecule has 3 heteroatoms. The largest absolute Gasteiger partial charge is 0.309 e. The lowest BCUT2D eigenvalue weighted by Crippen LogP contribution is -2.19. The fourth-order valence-corrected chi connectivity index (χ4v) is 4.75. The molecule has 0 fully saturated rings. The number of hydrogen-bond acceptors (Lipinski definition) is 2. The zero-order chi connectivity index (χ0) is 14.2. The monoisotopic (exact) mass is 337 g/mol. The van der Waals surface area contributed by atoms with E-state index in [0.717, 1.165) is 0 Å². The van der Waals surface area contributed by atoms with Gasteiger partial charge in [-0.15, -0.1) is 11.3 Å². The van der Waals surface area contributed by atoms with Crippen molar-refractivity contribution in [2.24, 2.45) is 0 Å². The van der Waals surface area contributed by atoms with E-state index in [0.29, 0.717) is 0 Å². The molecule has 0 radical (unpaired) electrons. The van der Waals surface area contributed by atoms with Crippen molar-refractivity contribution in [3.8, 4) is 0 Å². The smallest absolute Gasteiger partial charge is 0.0685 e. The van der Waals surface area contributed by atoms with Gasteiger partial charge in [0.25, 0.3) is 0 Å². The van der Waals surface area contributed by atoms with Crippen LogP contribution in [0.15, 0.2) is 22.7 Å². The first kappa shape index (κ1) is 14.8. The lowest BCUT2D eigenvalue weighted by molar-refractivity contribution is 0.692. The van der Waals surface area contributed by atoms with Crippen molar-refractivity contribution in [2.75, 3.05) is 7.05 Å². The first-order valence-electron chi connectivity index (χ1n) is 6.45. The molecule has 1 aromatic heterocycles. The Balaban J connectivity index is 2.57. The van der Waals surface area contributed by atoms with E-state index < -0.39 is 0 Å². The molecule has 0 aliphatic heterocycles. The van der Waals surface area contributed by atoms with Crippen molar-refractivity contribution in [1.29, 1.82) is 0 Å². The fourth-order valence-electron chi connectivity index (χ4n) is 2.75. The molecule has 1 N–H and O–H groups in total. The Labute approximate surface area is 128 Å². The molecule has 102 valence electrons. The zero-order valence-electron chi connectivity index (χ0n) is 12.1. The lowest BCUT2D eigenvalue weighted by Gasteiger charge is -2.21. The Bertz CT molecular complexity index is 578. The third-order valence-corrected chi connectivity index (χ3v) is 5.45. The quantitative estimate of drug-likeness (QED) is 0.825. The van der Waals surface area contributed by atoms with Gasteiger partial charge in [-0.1, -0.05) is 17.7 Å². The Morgan fingerprint density at radius 1 is 1.05 bits per heavy atom. The predicted molar refractivity (Wildman–Crippen MR) is 88.3 cm³/mol. The fraction of sp³-hybridized carbons (Fsp3) is 0.375. The summed E-state index contributed by atoms with van der Waals surface area (Å²) in [7, 11) is 2.03. The SMILES string of the molecule is CNC(c1sc(C)cc1Br)c1c(C)cc(C)cc1C. The van der Waals surface area contributed by atoms with Crippen LogP contribution in [0.5, 0.6) is 0 Å². The molecule has 0 saturated heterocycles. The molecule has 0 amide bonds. The minimum atomic E-state index is 0.258. The van der Waals surface area contributed by atoms with Crippen LogP contribution in [0.3, 0.4) is 0 Å². The lowest BCUT2D eigenvalue weighted by atomic mass is 9.93. The van der Waals surface area contributed by atoms with Gasteiger partial charge in [0.2, 0.25) is 0 Å². The summed E-state index contributed by atoms with van der Waals surface area (Å²) in [5.41, 5.74) is 5.44. The van der Waals surface area contributed by atoms with E-state index in [1.807, 2.05) is 18.4 Å². The summed E-state index contributed by atoms with van der Waals surface area (Å²) >= 11 is 5.54. The van der Waals surface area contributed by atoms with E-state index in [2.05, 4.69) is 67.1 Å². The van der Waals surface area contributed by atoms with Gasteiger partial charge in [0.1, 0.15) is 0 Å². The van der Waals surface area contributed by atoms with Gasteiger partial charge < -0.3 is 5.32 Å². The first-order chi connectivity index (χ1) is 8.93. The summed E-state index contributed by atoms with van der Waals surface area (Å²) in [4.78, 5) is 2.69. The van der Waals surface area contributed by atoms with Gasteiger partial charge in [0.05, 0.1) is 6.04 Å². The highest BCUT2D eigenvalue weighted by Crippen LogP contribution is 2.37. The van der Waals surface area contributed by atoms with E-state index >= 15 is 0 Å². The Morgan fingerprint density at radius 3 is 2.05 bits per heavy atom. The van der Waals surface area contributed by atoms with Gasteiger partial charge in [-0.3, -0.25) is 0 Å². The van der Waals surface area contributed by atoms with Crippen LogP contribution in [-0.4, -0.2) is 7.05 Å². The highest BCUT2D eigenvalue weighted by Gasteiger charge is 2.21. The number of halogens is 1. The second-order valence-electron chi connectivity index (χ2n) is 5.10. The maximum atomic E-state index is 3.69. The molecule has 2 rings (SSSR count). The number of benzene rings is 1. The molecule has 0 aliphatic rings. The summed E-state index contributed by atoms with van der Waals surface area (Å²) < 4.78 is 1.20. The molecule has 1 atom stereocenters. The topological polar surface area (TPSA) is 12.0 Å². The molecule has 2 aromatic rings. The molecule has 0 bridgehead atoms. The Hall–Kier alpha value is -0.640. The molecule has 0 aliphatic carbocycles. The van der Waals surface area contributed by atoms with E-state index in [4.69, 9.17) is 0 Å². The molecule has 0 saturated carbocycles. The molecular formula is C16H20BrNS. The van der Waals surface area contributed by atoms with Crippen molar-refractivity contribution in [3.63, 3.8) is 0 Å². The summed E-state index contributed by atoms with van der Waals surface area (Å²) in [6.45, 7) is 8.71. The van der Waals surface area contributed by atoms with E-state index in [9.17, 15) is 0 Å². The molecular weight excluding hydrogens is 318 g/mol. The molecule has 19 heavy (non-hydrogen) atoms. The number of nitrogens with one attached hydrogen (secondary N) is 1. The first-order valence-corrected chi connectivity index (χ1v) is 8.05. The third-order valence-electron chi connectivity index (χ3n) is 3.41. The van der Waals surface area contributed by atoms with Gasteiger partial charge >= 0.3 is 0 Å². The van der Waals surface area contributed by atoms with Gasteiger partial charge in [0.15, 0.2) is 0 Å². The van der Waals surface area contributed by atoms with Gasteiger partial charge in [0, 0.05) is 14.2 Å². The molecule has 1 unspecified atom stereocenters.